The Bertz CT molecular complexity index is 1170. The summed E-state index contributed by atoms with van der Waals surface area (Å²) in [5, 5.41) is 5.89. The molecule has 2 aromatic carbocycles. The Balaban J connectivity index is 1.55. The molecule has 2 aliphatic heterocycles. The summed E-state index contributed by atoms with van der Waals surface area (Å²) in [5.41, 5.74) is 2.20. The van der Waals surface area contributed by atoms with Crippen LogP contribution in [0.1, 0.15) is 36.1 Å². The lowest BCUT2D eigenvalue weighted by Gasteiger charge is -2.33. The first kappa shape index (κ1) is 21.9. The summed E-state index contributed by atoms with van der Waals surface area (Å²) in [6, 6.07) is 13.0. The second-order valence-electron chi connectivity index (χ2n) is 8.72. The van der Waals surface area contributed by atoms with Gasteiger partial charge in [-0.25, -0.2) is 9.18 Å². The second-order valence-corrected chi connectivity index (χ2v) is 8.72. The maximum Gasteiger partial charge on any atom is 0.322 e. The lowest BCUT2D eigenvalue weighted by Crippen LogP contribution is -2.47. The van der Waals surface area contributed by atoms with Crippen LogP contribution >= 0.6 is 0 Å². The van der Waals surface area contributed by atoms with Gasteiger partial charge in [0, 0.05) is 12.6 Å². The van der Waals surface area contributed by atoms with Gasteiger partial charge in [0.25, 0.3) is 5.91 Å². The molecule has 2 heterocycles. The summed E-state index contributed by atoms with van der Waals surface area (Å²) in [6.45, 7) is 4.05. The lowest BCUT2D eigenvalue weighted by atomic mass is 9.95. The Hall–Kier alpha value is -3.94. The van der Waals surface area contributed by atoms with Gasteiger partial charge in [0.1, 0.15) is 11.9 Å². The average molecular weight is 461 g/mol. The number of carbonyl (C=O) groups is 3. The van der Waals surface area contributed by atoms with E-state index in [1.165, 1.54) is 21.9 Å². The van der Waals surface area contributed by atoms with E-state index >= 15 is 0 Å². The van der Waals surface area contributed by atoms with E-state index in [0.29, 0.717) is 22.4 Å². The molecule has 0 bridgehead atoms. The summed E-state index contributed by atoms with van der Waals surface area (Å²) < 4.78 is 13.6. The third-order valence-corrected chi connectivity index (χ3v) is 6.36. The molecule has 2 aromatic rings. The number of hydrogen-bond acceptors (Lipinski definition) is 3. The number of hydrogen-bond donors (Lipinski definition) is 2. The van der Waals surface area contributed by atoms with E-state index in [2.05, 4.69) is 17.2 Å². The maximum atomic E-state index is 13.9. The van der Waals surface area contributed by atoms with Crippen molar-refractivity contribution in [2.75, 3.05) is 13.1 Å². The predicted octanol–water partition coefficient (Wildman–Crippen LogP) is 3.19. The molecule has 0 radical (unpaired) electrons. The van der Waals surface area contributed by atoms with Crippen molar-refractivity contribution in [3.05, 3.63) is 95.5 Å². The van der Waals surface area contributed by atoms with Gasteiger partial charge in [0.15, 0.2) is 0 Å². The van der Waals surface area contributed by atoms with Crippen LogP contribution in [0.25, 0.3) is 0 Å². The van der Waals surface area contributed by atoms with Crippen molar-refractivity contribution in [2.45, 2.75) is 31.0 Å². The summed E-state index contributed by atoms with van der Waals surface area (Å²) in [5.74, 6) is -0.985. The molecule has 174 valence electrons. The third-order valence-electron chi connectivity index (χ3n) is 6.36. The molecule has 34 heavy (non-hydrogen) atoms. The summed E-state index contributed by atoms with van der Waals surface area (Å²) in [4.78, 5) is 43.2. The van der Waals surface area contributed by atoms with Crippen molar-refractivity contribution >= 4 is 17.8 Å². The number of rotatable bonds is 7. The second kappa shape index (κ2) is 8.78. The van der Waals surface area contributed by atoms with Gasteiger partial charge >= 0.3 is 6.03 Å². The van der Waals surface area contributed by atoms with Gasteiger partial charge in [0.2, 0.25) is 5.91 Å². The molecule has 0 spiro atoms. The summed E-state index contributed by atoms with van der Waals surface area (Å²) in [6.07, 6.45) is 3.44. The number of benzene rings is 2. The van der Waals surface area contributed by atoms with Crippen LogP contribution in [0.5, 0.6) is 0 Å². The maximum absolute atomic E-state index is 13.9. The van der Waals surface area contributed by atoms with E-state index in [1.54, 1.807) is 18.2 Å². The first-order valence-corrected chi connectivity index (χ1v) is 11.3. The Kier molecular flexibility index (Phi) is 5.65. The fraction of sp³-hybridized carbons (Fsp3) is 0.269. The molecule has 8 heteroatoms. The van der Waals surface area contributed by atoms with Crippen molar-refractivity contribution in [3.8, 4) is 0 Å². The molecular weight excluding hydrogens is 435 g/mol. The Morgan fingerprint density at radius 1 is 1.15 bits per heavy atom. The molecule has 2 unspecified atom stereocenters. The molecule has 0 aromatic heterocycles. The fourth-order valence-corrected chi connectivity index (χ4v) is 4.57. The monoisotopic (exact) mass is 460 g/mol. The Labute approximate surface area is 196 Å². The highest BCUT2D eigenvalue weighted by atomic mass is 19.1. The van der Waals surface area contributed by atoms with Gasteiger partial charge in [-0.2, -0.15) is 0 Å². The molecule has 2 atom stereocenters. The molecular formula is C26H25FN4O3. The van der Waals surface area contributed by atoms with Gasteiger partial charge in [-0.3, -0.25) is 14.5 Å². The van der Waals surface area contributed by atoms with E-state index in [1.807, 2.05) is 30.3 Å². The van der Waals surface area contributed by atoms with Crippen LogP contribution < -0.4 is 10.6 Å². The minimum Gasteiger partial charge on any atom is -0.351 e. The van der Waals surface area contributed by atoms with Crippen LogP contribution in [0.4, 0.5) is 9.18 Å². The minimum absolute atomic E-state index is 0.102. The first-order valence-electron chi connectivity index (χ1n) is 11.3. The molecule has 1 aliphatic carbocycles. The highest BCUT2D eigenvalue weighted by Crippen LogP contribution is 2.40. The molecule has 0 saturated heterocycles. The number of nitrogens with one attached hydrogen (secondary N) is 2. The molecule has 7 nitrogen and oxygen atoms in total. The number of amides is 4. The number of nitrogens with zero attached hydrogens (tertiary/aromatic N) is 2. The van der Waals surface area contributed by atoms with Gasteiger partial charge in [-0.1, -0.05) is 48.5 Å². The van der Waals surface area contributed by atoms with Crippen molar-refractivity contribution in [2.24, 2.45) is 0 Å². The van der Waals surface area contributed by atoms with Crippen LogP contribution in [-0.4, -0.2) is 46.8 Å². The molecule has 4 amide bonds. The van der Waals surface area contributed by atoms with E-state index < -0.39 is 17.9 Å². The van der Waals surface area contributed by atoms with E-state index in [4.69, 9.17) is 0 Å². The fourth-order valence-electron chi connectivity index (χ4n) is 4.57. The van der Waals surface area contributed by atoms with Crippen LogP contribution in [0.15, 0.2) is 78.5 Å². The predicted molar refractivity (Wildman–Crippen MR) is 124 cm³/mol. The van der Waals surface area contributed by atoms with Crippen molar-refractivity contribution in [1.82, 2.24) is 20.4 Å². The third kappa shape index (κ3) is 3.96. The molecule has 5 rings (SSSR count). The number of carbonyl (C=O) groups excluding carboxylic acids is 3. The zero-order valence-corrected chi connectivity index (χ0v) is 18.5. The van der Waals surface area contributed by atoms with Gasteiger partial charge < -0.3 is 15.5 Å². The molecule has 1 fully saturated rings. The van der Waals surface area contributed by atoms with Crippen molar-refractivity contribution in [1.29, 1.82) is 0 Å². The van der Waals surface area contributed by atoms with E-state index in [0.717, 1.165) is 12.8 Å². The normalized spacial score (nSPS) is 20.7. The van der Waals surface area contributed by atoms with E-state index in [-0.39, 0.29) is 37.0 Å². The Morgan fingerprint density at radius 2 is 1.85 bits per heavy atom. The average Bonchev–Trinajstić information content (AvgIpc) is 3.59. The van der Waals surface area contributed by atoms with Gasteiger partial charge in [0.05, 0.1) is 23.9 Å². The zero-order chi connectivity index (χ0) is 23.8. The summed E-state index contributed by atoms with van der Waals surface area (Å²) in [7, 11) is 0. The smallest absolute Gasteiger partial charge is 0.322 e. The number of halogens is 1. The lowest BCUT2D eigenvalue weighted by molar-refractivity contribution is -0.136. The standard InChI is InChI=1S/C26H25FN4O3/c1-2-14-30-20-15-31(23(17-6-4-3-5-7-17)24(32)28-19-12-13-19)25(33)21(20)22(29-26(30)34)16-8-10-18(27)11-9-16/h2-11,19,22-23H,1,12-15H2,(H,28,32)(H,29,34). The largest absolute Gasteiger partial charge is 0.351 e. The Morgan fingerprint density at radius 3 is 2.50 bits per heavy atom. The zero-order valence-electron chi connectivity index (χ0n) is 18.5. The molecule has 2 N–H and O–H groups in total. The first-order chi connectivity index (χ1) is 16.5. The van der Waals surface area contributed by atoms with Crippen molar-refractivity contribution < 1.29 is 18.8 Å². The van der Waals surface area contributed by atoms with Crippen LogP contribution in [-0.2, 0) is 9.59 Å². The highest BCUT2D eigenvalue weighted by Gasteiger charge is 2.47. The van der Waals surface area contributed by atoms with Crippen LogP contribution in [0, 0.1) is 5.82 Å². The minimum atomic E-state index is -0.838. The molecule has 1 saturated carbocycles. The van der Waals surface area contributed by atoms with Gasteiger partial charge in [-0.05, 0) is 36.1 Å². The van der Waals surface area contributed by atoms with E-state index in [9.17, 15) is 18.8 Å². The summed E-state index contributed by atoms with van der Waals surface area (Å²) >= 11 is 0. The number of urea groups is 1. The van der Waals surface area contributed by atoms with Crippen LogP contribution in [0.3, 0.4) is 0 Å². The topological polar surface area (TPSA) is 81.8 Å². The van der Waals surface area contributed by atoms with Gasteiger partial charge in [-0.15, -0.1) is 6.58 Å². The SMILES string of the molecule is C=CCN1C(=O)NC(c2ccc(F)cc2)C2=C1CN(C(C(=O)NC1CC1)c1ccccc1)C2=O. The van der Waals surface area contributed by atoms with Crippen LogP contribution in [0.2, 0.25) is 0 Å². The highest BCUT2D eigenvalue weighted by molar-refractivity contribution is 6.04. The van der Waals surface area contributed by atoms with Crippen molar-refractivity contribution in [3.63, 3.8) is 0 Å². The quantitative estimate of drug-likeness (QED) is 0.623. The molecule has 3 aliphatic rings.